The standard InChI is InChI=1S/C13H16N2O2S/c1-9-4-3-5-11(8-9)18-10(2)12(16)15-7-6-14-13(15)17/h3-5,8,10H,6-7H2,1-2H3,(H,14,17)/t10-/m0/s1. The molecule has 1 atom stereocenters. The first kappa shape index (κ1) is 13.0. The van der Waals surface area contributed by atoms with E-state index in [1.807, 2.05) is 38.1 Å². The van der Waals surface area contributed by atoms with E-state index in [1.165, 1.54) is 22.2 Å². The molecule has 0 spiro atoms. The number of aryl methyl sites for hydroxylation is 1. The minimum absolute atomic E-state index is 0.128. The van der Waals surface area contributed by atoms with Crippen molar-refractivity contribution in [1.82, 2.24) is 10.2 Å². The average Bonchev–Trinajstić information content (AvgIpc) is 2.74. The Morgan fingerprint density at radius 3 is 2.89 bits per heavy atom. The summed E-state index contributed by atoms with van der Waals surface area (Å²) in [6.07, 6.45) is 0. The summed E-state index contributed by atoms with van der Waals surface area (Å²) in [4.78, 5) is 25.8. The molecule has 0 radical (unpaired) electrons. The van der Waals surface area contributed by atoms with Crippen LogP contribution in [0.25, 0.3) is 0 Å². The molecule has 1 aromatic carbocycles. The fourth-order valence-electron chi connectivity index (χ4n) is 1.84. The van der Waals surface area contributed by atoms with Gasteiger partial charge < -0.3 is 5.32 Å². The molecule has 1 aliphatic rings. The van der Waals surface area contributed by atoms with Crippen molar-refractivity contribution in [3.05, 3.63) is 29.8 Å². The number of carbonyl (C=O) groups excluding carboxylic acids is 2. The number of carbonyl (C=O) groups is 2. The van der Waals surface area contributed by atoms with E-state index < -0.39 is 0 Å². The van der Waals surface area contributed by atoms with Gasteiger partial charge in [-0.2, -0.15) is 0 Å². The molecular weight excluding hydrogens is 248 g/mol. The van der Waals surface area contributed by atoms with E-state index in [4.69, 9.17) is 0 Å². The predicted octanol–water partition coefficient (Wildman–Crippen LogP) is 2.03. The fraction of sp³-hybridized carbons (Fsp3) is 0.385. The van der Waals surface area contributed by atoms with Crippen molar-refractivity contribution < 1.29 is 9.59 Å². The van der Waals surface area contributed by atoms with Gasteiger partial charge in [0.25, 0.3) is 0 Å². The number of imide groups is 1. The number of thioether (sulfide) groups is 1. The van der Waals surface area contributed by atoms with E-state index in [-0.39, 0.29) is 17.2 Å². The molecular formula is C13H16N2O2S. The van der Waals surface area contributed by atoms with Crippen molar-refractivity contribution in [3.8, 4) is 0 Å². The van der Waals surface area contributed by atoms with E-state index in [2.05, 4.69) is 5.32 Å². The molecule has 1 fully saturated rings. The highest BCUT2D eigenvalue weighted by Gasteiger charge is 2.29. The van der Waals surface area contributed by atoms with Gasteiger partial charge in [-0.3, -0.25) is 9.69 Å². The van der Waals surface area contributed by atoms with Gasteiger partial charge in [0.2, 0.25) is 5.91 Å². The second-order valence-electron chi connectivity index (χ2n) is 4.30. The minimum Gasteiger partial charge on any atom is -0.336 e. The molecule has 2 rings (SSSR count). The maximum absolute atomic E-state index is 12.1. The summed E-state index contributed by atoms with van der Waals surface area (Å²) in [6, 6.07) is 7.73. The summed E-state index contributed by atoms with van der Waals surface area (Å²) >= 11 is 1.48. The Kier molecular flexibility index (Phi) is 3.91. The Morgan fingerprint density at radius 1 is 1.50 bits per heavy atom. The molecule has 1 heterocycles. The number of hydrogen-bond donors (Lipinski definition) is 1. The first-order chi connectivity index (χ1) is 8.58. The van der Waals surface area contributed by atoms with Crippen LogP contribution in [-0.4, -0.2) is 35.2 Å². The smallest absolute Gasteiger partial charge is 0.324 e. The monoisotopic (exact) mass is 264 g/mol. The SMILES string of the molecule is Cc1cccc(S[C@@H](C)C(=O)N2CCNC2=O)c1. The van der Waals surface area contributed by atoms with E-state index in [1.54, 1.807) is 0 Å². The second kappa shape index (κ2) is 5.44. The average molecular weight is 264 g/mol. The first-order valence-corrected chi connectivity index (χ1v) is 6.78. The van der Waals surface area contributed by atoms with Gasteiger partial charge in [-0.1, -0.05) is 17.7 Å². The molecule has 18 heavy (non-hydrogen) atoms. The topological polar surface area (TPSA) is 49.4 Å². The molecule has 1 saturated heterocycles. The van der Waals surface area contributed by atoms with E-state index >= 15 is 0 Å². The zero-order chi connectivity index (χ0) is 13.1. The molecule has 1 aromatic rings. The molecule has 4 nitrogen and oxygen atoms in total. The quantitative estimate of drug-likeness (QED) is 0.850. The Hall–Kier alpha value is -1.49. The summed E-state index contributed by atoms with van der Waals surface area (Å²) in [5.74, 6) is -0.128. The zero-order valence-electron chi connectivity index (χ0n) is 10.5. The molecule has 96 valence electrons. The highest BCUT2D eigenvalue weighted by atomic mass is 32.2. The van der Waals surface area contributed by atoms with Crippen molar-refractivity contribution in [2.45, 2.75) is 24.0 Å². The summed E-state index contributed by atoms with van der Waals surface area (Å²) in [7, 11) is 0. The van der Waals surface area contributed by atoms with Crippen molar-refractivity contribution in [2.75, 3.05) is 13.1 Å². The van der Waals surface area contributed by atoms with E-state index in [0.717, 1.165) is 4.90 Å². The molecule has 5 heteroatoms. The van der Waals surface area contributed by atoms with E-state index in [0.29, 0.717) is 13.1 Å². The molecule has 0 aliphatic carbocycles. The molecule has 0 saturated carbocycles. The Bertz CT molecular complexity index is 476. The lowest BCUT2D eigenvalue weighted by atomic mass is 10.2. The summed E-state index contributed by atoms with van der Waals surface area (Å²) < 4.78 is 0. The highest BCUT2D eigenvalue weighted by Crippen LogP contribution is 2.25. The van der Waals surface area contributed by atoms with Gasteiger partial charge >= 0.3 is 6.03 Å². The van der Waals surface area contributed by atoms with Crippen LogP contribution in [0.4, 0.5) is 4.79 Å². The lowest BCUT2D eigenvalue weighted by Crippen LogP contribution is -2.38. The summed E-state index contributed by atoms with van der Waals surface area (Å²) in [5.41, 5.74) is 1.17. The normalized spacial score (nSPS) is 16.6. The third-order valence-corrected chi connectivity index (χ3v) is 3.85. The molecule has 0 unspecified atom stereocenters. The van der Waals surface area contributed by atoms with Crippen LogP contribution in [0.1, 0.15) is 12.5 Å². The van der Waals surface area contributed by atoms with Crippen molar-refractivity contribution in [3.63, 3.8) is 0 Å². The van der Waals surface area contributed by atoms with Crippen molar-refractivity contribution in [2.24, 2.45) is 0 Å². The van der Waals surface area contributed by atoms with Crippen LogP contribution in [-0.2, 0) is 4.79 Å². The van der Waals surface area contributed by atoms with Gasteiger partial charge in [-0.25, -0.2) is 4.79 Å². The first-order valence-electron chi connectivity index (χ1n) is 5.90. The van der Waals surface area contributed by atoms with Gasteiger partial charge in [0.05, 0.1) is 5.25 Å². The number of rotatable bonds is 3. The fourth-order valence-corrected chi connectivity index (χ4v) is 2.89. The third-order valence-electron chi connectivity index (χ3n) is 2.77. The zero-order valence-corrected chi connectivity index (χ0v) is 11.3. The lowest BCUT2D eigenvalue weighted by Gasteiger charge is -2.17. The number of nitrogens with zero attached hydrogens (tertiary/aromatic N) is 1. The molecule has 0 aromatic heterocycles. The lowest BCUT2D eigenvalue weighted by molar-refractivity contribution is -0.126. The highest BCUT2D eigenvalue weighted by molar-refractivity contribution is 8.00. The Morgan fingerprint density at radius 2 is 2.28 bits per heavy atom. The maximum Gasteiger partial charge on any atom is 0.324 e. The van der Waals surface area contributed by atoms with Gasteiger partial charge in [0.15, 0.2) is 0 Å². The van der Waals surface area contributed by atoms with E-state index in [9.17, 15) is 9.59 Å². The third kappa shape index (κ3) is 2.85. The van der Waals surface area contributed by atoms with Crippen LogP contribution in [0.3, 0.4) is 0 Å². The minimum atomic E-state index is -0.281. The Labute approximate surface area is 111 Å². The number of urea groups is 1. The second-order valence-corrected chi connectivity index (χ2v) is 5.71. The predicted molar refractivity (Wildman–Crippen MR) is 71.6 cm³/mol. The molecule has 1 N–H and O–H groups in total. The van der Waals surface area contributed by atoms with Crippen LogP contribution in [0.2, 0.25) is 0 Å². The van der Waals surface area contributed by atoms with Crippen LogP contribution in [0.15, 0.2) is 29.2 Å². The van der Waals surface area contributed by atoms with Gasteiger partial charge in [-0.15, -0.1) is 11.8 Å². The number of amides is 3. The summed E-state index contributed by atoms with van der Waals surface area (Å²) in [5, 5.41) is 2.38. The number of hydrogen-bond acceptors (Lipinski definition) is 3. The maximum atomic E-state index is 12.1. The largest absolute Gasteiger partial charge is 0.336 e. The number of benzene rings is 1. The molecule has 3 amide bonds. The van der Waals surface area contributed by atoms with Gasteiger partial charge in [-0.05, 0) is 26.0 Å². The van der Waals surface area contributed by atoms with Crippen LogP contribution in [0.5, 0.6) is 0 Å². The van der Waals surface area contributed by atoms with Crippen LogP contribution >= 0.6 is 11.8 Å². The Balaban J connectivity index is 2.01. The van der Waals surface area contributed by atoms with Gasteiger partial charge in [0.1, 0.15) is 0 Å². The number of nitrogens with one attached hydrogen (secondary N) is 1. The van der Waals surface area contributed by atoms with Crippen molar-refractivity contribution in [1.29, 1.82) is 0 Å². The van der Waals surface area contributed by atoms with Crippen LogP contribution in [0, 0.1) is 6.92 Å². The van der Waals surface area contributed by atoms with Crippen molar-refractivity contribution >= 4 is 23.7 Å². The molecule has 0 bridgehead atoms. The van der Waals surface area contributed by atoms with Gasteiger partial charge in [0, 0.05) is 18.0 Å². The van der Waals surface area contributed by atoms with Crippen LogP contribution < -0.4 is 5.32 Å². The summed E-state index contributed by atoms with van der Waals surface area (Å²) in [6.45, 7) is 4.87. The molecule has 1 aliphatic heterocycles.